The zero-order chi connectivity index (χ0) is 13.6. The molecule has 0 spiro atoms. The minimum atomic E-state index is -4.58. The van der Waals surface area contributed by atoms with Crippen LogP contribution >= 0.6 is 0 Å². The first-order valence-electron chi connectivity index (χ1n) is 6.84. The molecule has 2 aliphatic rings. The van der Waals surface area contributed by atoms with Crippen LogP contribution in [-0.4, -0.2) is 15.8 Å². The molecule has 2 saturated carbocycles. The van der Waals surface area contributed by atoms with Crippen molar-refractivity contribution in [2.24, 2.45) is 17.8 Å². The summed E-state index contributed by atoms with van der Waals surface area (Å²) in [5.41, 5.74) is -0.0596. The first-order chi connectivity index (χ1) is 8.93. The summed E-state index contributed by atoms with van der Waals surface area (Å²) in [6, 6.07) is 1.37. The van der Waals surface area contributed by atoms with Crippen LogP contribution in [0, 0.1) is 17.8 Å². The zero-order valence-corrected chi connectivity index (χ0v) is 10.6. The van der Waals surface area contributed by atoms with Gasteiger partial charge in [-0.15, -0.1) is 0 Å². The molecule has 0 aliphatic heterocycles. The third-order valence-corrected chi connectivity index (χ3v) is 4.73. The van der Waals surface area contributed by atoms with Gasteiger partial charge in [0.1, 0.15) is 0 Å². The highest BCUT2D eigenvalue weighted by Crippen LogP contribution is 2.48. The van der Waals surface area contributed by atoms with E-state index < -0.39 is 12.3 Å². The molecule has 106 valence electrons. The van der Waals surface area contributed by atoms with Gasteiger partial charge in [-0.3, -0.25) is 0 Å². The molecule has 19 heavy (non-hydrogen) atoms. The van der Waals surface area contributed by atoms with Crippen molar-refractivity contribution in [3.63, 3.8) is 0 Å². The number of fused-ring (bicyclic) bond motifs is 2. The highest BCUT2D eigenvalue weighted by Gasteiger charge is 2.41. The van der Waals surface area contributed by atoms with Crippen LogP contribution in [0.3, 0.4) is 0 Å². The average Bonchev–Trinajstić information content (AvgIpc) is 3.02. The molecule has 0 aromatic carbocycles. The average molecular weight is 273 g/mol. The van der Waals surface area contributed by atoms with Crippen LogP contribution < -0.4 is 0 Å². The number of aliphatic hydroxyl groups is 1. The summed E-state index contributed by atoms with van der Waals surface area (Å²) in [6.07, 6.45) is 1.23. The molecule has 3 rings (SSSR count). The Labute approximate surface area is 110 Å². The van der Waals surface area contributed by atoms with Crippen molar-refractivity contribution in [1.29, 1.82) is 0 Å². The summed E-state index contributed by atoms with van der Waals surface area (Å²) in [6.45, 7) is 0.783. The van der Waals surface area contributed by atoms with Gasteiger partial charge in [0.15, 0.2) is 6.10 Å². The minimum Gasteiger partial charge on any atom is -0.379 e. The number of aliphatic hydroxyl groups excluding tert-OH is 1. The predicted octanol–water partition coefficient (Wildman–Crippen LogP) is 3.52. The third kappa shape index (κ3) is 2.53. The van der Waals surface area contributed by atoms with Crippen molar-refractivity contribution in [1.82, 2.24) is 4.57 Å². The maximum atomic E-state index is 12.4. The second-order valence-corrected chi connectivity index (χ2v) is 6.02. The van der Waals surface area contributed by atoms with E-state index in [9.17, 15) is 18.3 Å². The van der Waals surface area contributed by atoms with Gasteiger partial charge in [0, 0.05) is 24.5 Å². The lowest BCUT2D eigenvalue weighted by Crippen LogP contribution is -2.20. The summed E-state index contributed by atoms with van der Waals surface area (Å²) in [7, 11) is 0. The Hall–Kier alpha value is -0.970. The van der Waals surface area contributed by atoms with Gasteiger partial charge in [-0.1, -0.05) is 6.42 Å². The Kier molecular flexibility index (Phi) is 3.12. The normalized spacial score (nSPS) is 31.9. The van der Waals surface area contributed by atoms with Gasteiger partial charge in [-0.2, -0.15) is 13.2 Å². The monoisotopic (exact) mass is 273 g/mol. The first-order valence-corrected chi connectivity index (χ1v) is 6.84. The maximum Gasteiger partial charge on any atom is 0.418 e. The standard InChI is InChI=1S/C14H18F3NO/c15-14(16,17)13(19)11-3-4-18(7-11)8-12-6-9-1-2-10(12)5-9/h3-4,7,9-10,12-13,19H,1-2,5-6,8H2. The van der Waals surface area contributed by atoms with E-state index >= 15 is 0 Å². The number of hydrogen-bond donors (Lipinski definition) is 1. The molecular weight excluding hydrogens is 255 g/mol. The van der Waals surface area contributed by atoms with Crippen molar-refractivity contribution in [3.8, 4) is 0 Å². The molecule has 2 aliphatic carbocycles. The molecule has 1 aromatic rings. The van der Waals surface area contributed by atoms with Crippen molar-refractivity contribution in [2.75, 3.05) is 0 Å². The summed E-state index contributed by atoms with van der Waals surface area (Å²) >= 11 is 0. The number of halogens is 3. The molecule has 1 aromatic heterocycles. The number of nitrogens with zero attached hydrogens (tertiary/aromatic N) is 1. The van der Waals surface area contributed by atoms with Gasteiger partial charge >= 0.3 is 6.18 Å². The molecule has 2 nitrogen and oxygen atoms in total. The van der Waals surface area contributed by atoms with Crippen LogP contribution in [0.4, 0.5) is 13.2 Å². The predicted molar refractivity (Wildman–Crippen MR) is 64.4 cm³/mol. The van der Waals surface area contributed by atoms with Gasteiger partial charge in [-0.25, -0.2) is 0 Å². The molecular formula is C14H18F3NO. The van der Waals surface area contributed by atoms with E-state index in [-0.39, 0.29) is 5.56 Å². The molecule has 4 atom stereocenters. The van der Waals surface area contributed by atoms with E-state index in [0.29, 0.717) is 5.92 Å². The van der Waals surface area contributed by atoms with Crippen LogP contribution in [0.5, 0.6) is 0 Å². The molecule has 0 amide bonds. The molecule has 1 heterocycles. The topological polar surface area (TPSA) is 25.2 Å². The summed E-state index contributed by atoms with van der Waals surface area (Å²) in [5, 5.41) is 9.20. The Bertz CT molecular complexity index is 454. The SMILES string of the molecule is OC(c1ccn(CC2CC3CCC2C3)c1)C(F)(F)F. The van der Waals surface area contributed by atoms with Crippen LogP contribution in [0.15, 0.2) is 18.5 Å². The van der Waals surface area contributed by atoms with E-state index in [1.54, 1.807) is 10.8 Å². The van der Waals surface area contributed by atoms with Crippen LogP contribution in [0.2, 0.25) is 0 Å². The third-order valence-electron chi connectivity index (χ3n) is 4.73. The lowest BCUT2D eigenvalue weighted by molar-refractivity contribution is -0.206. The van der Waals surface area contributed by atoms with Crippen LogP contribution in [0.25, 0.3) is 0 Å². The Morgan fingerprint density at radius 1 is 1.32 bits per heavy atom. The van der Waals surface area contributed by atoms with Gasteiger partial charge in [0.05, 0.1) is 0 Å². The van der Waals surface area contributed by atoms with Crippen molar-refractivity contribution < 1.29 is 18.3 Å². The molecule has 0 radical (unpaired) electrons. The Balaban J connectivity index is 1.65. The second kappa shape index (κ2) is 4.54. The summed E-state index contributed by atoms with van der Waals surface area (Å²) in [5.74, 6) is 2.19. The Morgan fingerprint density at radius 2 is 2.11 bits per heavy atom. The highest BCUT2D eigenvalue weighted by atomic mass is 19.4. The molecule has 4 unspecified atom stereocenters. The smallest absolute Gasteiger partial charge is 0.379 e. The summed E-state index contributed by atoms with van der Waals surface area (Å²) in [4.78, 5) is 0. The number of alkyl halides is 3. The van der Waals surface area contributed by atoms with E-state index in [0.717, 1.165) is 18.4 Å². The molecule has 0 saturated heterocycles. The molecule has 1 N–H and O–H groups in total. The maximum absolute atomic E-state index is 12.4. The highest BCUT2D eigenvalue weighted by molar-refractivity contribution is 5.15. The lowest BCUT2D eigenvalue weighted by Gasteiger charge is -2.22. The van der Waals surface area contributed by atoms with Gasteiger partial charge in [0.25, 0.3) is 0 Å². The first kappa shape index (κ1) is 13.0. The zero-order valence-electron chi connectivity index (χ0n) is 10.6. The lowest BCUT2D eigenvalue weighted by atomic mass is 9.89. The molecule has 2 fully saturated rings. The quantitative estimate of drug-likeness (QED) is 0.895. The van der Waals surface area contributed by atoms with Gasteiger partial charge < -0.3 is 9.67 Å². The summed E-state index contributed by atoms with van der Waals surface area (Å²) < 4.78 is 39.0. The number of aromatic nitrogens is 1. The Morgan fingerprint density at radius 3 is 2.68 bits per heavy atom. The van der Waals surface area contributed by atoms with E-state index in [1.807, 2.05) is 0 Å². The number of hydrogen-bond acceptors (Lipinski definition) is 1. The van der Waals surface area contributed by atoms with Gasteiger partial charge in [-0.05, 0) is 43.1 Å². The molecule has 5 heteroatoms. The largest absolute Gasteiger partial charge is 0.418 e. The fourth-order valence-electron chi connectivity index (χ4n) is 3.79. The number of rotatable bonds is 3. The second-order valence-electron chi connectivity index (χ2n) is 6.02. The van der Waals surface area contributed by atoms with E-state index in [4.69, 9.17) is 0 Å². The fourth-order valence-corrected chi connectivity index (χ4v) is 3.79. The van der Waals surface area contributed by atoms with Gasteiger partial charge in [0.2, 0.25) is 0 Å². The van der Waals surface area contributed by atoms with Crippen molar-refractivity contribution in [2.45, 2.75) is 44.5 Å². The van der Waals surface area contributed by atoms with Crippen molar-refractivity contribution in [3.05, 3.63) is 24.0 Å². The van der Waals surface area contributed by atoms with Crippen LogP contribution in [-0.2, 0) is 6.54 Å². The molecule has 2 bridgehead atoms. The van der Waals surface area contributed by atoms with Crippen LogP contribution in [0.1, 0.15) is 37.4 Å². The minimum absolute atomic E-state index is 0.0596. The van der Waals surface area contributed by atoms with Crippen molar-refractivity contribution >= 4 is 0 Å². The fraction of sp³-hybridized carbons (Fsp3) is 0.714. The van der Waals surface area contributed by atoms with E-state index in [1.165, 1.54) is 37.9 Å². The van der Waals surface area contributed by atoms with E-state index in [2.05, 4.69) is 0 Å².